The van der Waals surface area contributed by atoms with E-state index in [4.69, 9.17) is 0 Å². The number of fused-ring (bicyclic) bond motifs is 1. The molecule has 2 aromatic heterocycles. The number of nitrogens with zero attached hydrogens (tertiary/aromatic N) is 2. The van der Waals surface area contributed by atoms with Crippen LogP contribution in [0, 0.1) is 0 Å². The van der Waals surface area contributed by atoms with Crippen LogP contribution in [0.25, 0.3) is 23.1 Å². The first-order chi connectivity index (χ1) is 9.33. The van der Waals surface area contributed by atoms with Crippen molar-refractivity contribution in [2.75, 3.05) is 0 Å². The molecule has 0 bridgehead atoms. The van der Waals surface area contributed by atoms with Gasteiger partial charge in [-0.15, -0.1) is 0 Å². The fourth-order valence-electron chi connectivity index (χ4n) is 2.07. The number of benzene rings is 1. The molecule has 0 radical (unpaired) electrons. The summed E-state index contributed by atoms with van der Waals surface area (Å²) in [6.07, 6.45) is 10.2. The van der Waals surface area contributed by atoms with Gasteiger partial charge in [-0.1, -0.05) is 30.4 Å². The summed E-state index contributed by atoms with van der Waals surface area (Å²) in [6.45, 7) is 0. The number of pyridine rings is 2. The zero-order valence-electron chi connectivity index (χ0n) is 11.2. The van der Waals surface area contributed by atoms with Gasteiger partial charge >= 0.3 is 0 Å². The summed E-state index contributed by atoms with van der Waals surface area (Å²) in [7, 11) is 2.02. The minimum atomic E-state index is 0. The van der Waals surface area contributed by atoms with Crippen LogP contribution in [0.15, 0.2) is 61.1 Å². The molecular formula is C17H15IN2. The molecule has 0 aliphatic carbocycles. The second-order valence-electron chi connectivity index (χ2n) is 4.55. The van der Waals surface area contributed by atoms with Crippen LogP contribution in [0.4, 0.5) is 0 Å². The highest BCUT2D eigenvalue weighted by molar-refractivity contribution is 5.90. The van der Waals surface area contributed by atoms with Gasteiger partial charge in [-0.3, -0.25) is 4.98 Å². The van der Waals surface area contributed by atoms with Crippen LogP contribution in [-0.2, 0) is 7.05 Å². The Bertz CT molecular complexity index is 728. The maximum Gasteiger partial charge on any atom is 0.169 e. The smallest absolute Gasteiger partial charge is 0.169 e. The summed E-state index contributed by atoms with van der Waals surface area (Å²) in [4.78, 5) is 4.37. The van der Waals surface area contributed by atoms with E-state index in [0.717, 1.165) is 5.52 Å². The fraction of sp³-hybridized carbons (Fsp3) is 0.0588. The average molecular weight is 374 g/mol. The van der Waals surface area contributed by atoms with Gasteiger partial charge in [-0.05, 0) is 23.3 Å². The second kappa shape index (κ2) is 6.61. The number of aryl methyl sites for hydroxylation is 1. The highest BCUT2D eigenvalue weighted by Crippen LogP contribution is 2.18. The second-order valence-corrected chi connectivity index (χ2v) is 4.55. The molecule has 0 spiro atoms. The number of aromatic nitrogens is 2. The first-order valence-electron chi connectivity index (χ1n) is 6.30. The summed E-state index contributed by atoms with van der Waals surface area (Å²) < 4.78 is 2.03. The van der Waals surface area contributed by atoms with Crippen LogP contribution in [0.3, 0.4) is 0 Å². The van der Waals surface area contributed by atoms with Gasteiger partial charge in [-0.25, -0.2) is 4.57 Å². The van der Waals surface area contributed by atoms with Gasteiger partial charge in [0.2, 0.25) is 0 Å². The lowest BCUT2D eigenvalue weighted by molar-refractivity contribution is -0.671. The highest BCUT2D eigenvalue weighted by Gasteiger charge is 1.98. The number of hydrogen-bond donors (Lipinski definition) is 0. The largest absolute Gasteiger partial charge is 1.00 e. The number of hydrogen-bond acceptors (Lipinski definition) is 1. The van der Waals surface area contributed by atoms with Crippen molar-refractivity contribution >= 4 is 23.1 Å². The van der Waals surface area contributed by atoms with Crippen LogP contribution >= 0.6 is 0 Å². The molecule has 20 heavy (non-hydrogen) atoms. The predicted octanol–water partition coefficient (Wildman–Crippen LogP) is 0.234. The molecule has 2 nitrogen and oxygen atoms in total. The van der Waals surface area contributed by atoms with E-state index in [1.54, 1.807) is 0 Å². The summed E-state index contributed by atoms with van der Waals surface area (Å²) in [5, 5.41) is 1.18. The SMILES string of the molecule is C[n+]1ccc(/C=C/c2ccnc3ccccc23)cc1.[I-]. The fourth-order valence-corrected chi connectivity index (χ4v) is 2.07. The van der Waals surface area contributed by atoms with Crippen molar-refractivity contribution in [2.24, 2.45) is 7.05 Å². The Balaban J connectivity index is 0.00000147. The zero-order valence-corrected chi connectivity index (χ0v) is 13.4. The van der Waals surface area contributed by atoms with E-state index in [9.17, 15) is 0 Å². The molecule has 0 aliphatic heterocycles. The lowest BCUT2D eigenvalue weighted by Crippen LogP contribution is -3.00. The van der Waals surface area contributed by atoms with Gasteiger partial charge in [0, 0.05) is 23.7 Å². The third-order valence-corrected chi connectivity index (χ3v) is 3.14. The van der Waals surface area contributed by atoms with Gasteiger partial charge in [0.05, 0.1) is 5.52 Å². The molecule has 3 heteroatoms. The summed E-state index contributed by atoms with van der Waals surface area (Å²) in [5.41, 5.74) is 3.42. The van der Waals surface area contributed by atoms with Crippen molar-refractivity contribution in [1.82, 2.24) is 4.98 Å². The number of para-hydroxylation sites is 1. The minimum absolute atomic E-state index is 0. The molecule has 0 saturated heterocycles. The normalized spacial score (nSPS) is 10.7. The lowest BCUT2D eigenvalue weighted by atomic mass is 10.1. The van der Waals surface area contributed by atoms with E-state index in [-0.39, 0.29) is 24.0 Å². The third kappa shape index (κ3) is 3.22. The quantitative estimate of drug-likeness (QED) is 0.464. The highest BCUT2D eigenvalue weighted by atomic mass is 127. The Morgan fingerprint density at radius 2 is 1.70 bits per heavy atom. The van der Waals surface area contributed by atoms with Crippen molar-refractivity contribution < 1.29 is 28.5 Å². The van der Waals surface area contributed by atoms with Gasteiger partial charge in [0.25, 0.3) is 0 Å². The zero-order chi connectivity index (χ0) is 13.1. The molecule has 0 N–H and O–H groups in total. The van der Waals surface area contributed by atoms with Crippen molar-refractivity contribution in [3.63, 3.8) is 0 Å². The molecule has 0 aliphatic rings. The molecule has 1 aromatic carbocycles. The molecule has 3 rings (SSSR count). The number of halogens is 1. The van der Waals surface area contributed by atoms with E-state index in [0.29, 0.717) is 0 Å². The van der Waals surface area contributed by atoms with E-state index in [1.165, 1.54) is 16.5 Å². The van der Waals surface area contributed by atoms with Gasteiger partial charge < -0.3 is 24.0 Å². The molecule has 100 valence electrons. The minimum Gasteiger partial charge on any atom is -1.00 e. The van der Waals surface area contributed by atoms with Crippen molar-refractivity contribution in [1.29, 1.82) is 0 Å². The van der Waals surface area contributed by atoms with Crippen LogP contribution in [0.5, 0.6) is 0 Å². The van der Waals surface area contributed by atoms with Crippen molar-refractivity contribution in [2.45, 2.75) is 0 Å². The van der Waals surface area contributed by atoms with Crippen molar-refractivity contribution in [3.05, 3.63) is 72.2 Å². The maximum atomic E-state index is 4.37. The summed E-state index contributed by atoms with van der Waals surface area (Å²) >= 11 is 0. The molecular weight excluding hydrogens is 359 g/mol. The predicted molar refractivity (Wildman–Crippen MR) is 78.3 cm³/mol. The van der Waals surface area contributed by atoms with E-state index < -0.39 is 0 Å². The Morgan fingerprint density at radius 1 is 0.950 bits per heavy atom. The molecule has 0 atom stereocenters. The first-order valence-corrected chi connectivity index (χ1v) is 6.30. The monoisotopic (exact) mass is 374 g/mol. The topological polar surface area (TPSA) is 16.8 Å². The van der Waals surface area contributed by atoms with Gasteiger partial charge in [0.15, 0.2) is 12.4 Å². The Kier molecular flexibility index (Phi) is 4.84. The first kappa shape index (κ1) is 14.7. The Labute approximate surface area is 135 Å². The van der Waals surface area contributed by atoms with Gasteiger partial charge in [-0.2, -0.15) is 0 Å². The summed E-state index contributed by atoms with van der Waals surface area (Å²) in [5.74, 6) is 0. The molecule has 2 heterocycles. The van der Waals surface area contributed by atoms with Crippen LogP contribution in [0.1, 0.15) is 11.1 Å². The Morgan fingerprint density at radius 3 is 2.50 bits per heavy atom. The van der Waals surface area contributed by atoms with E-state index >= 15 is 0 Å². The van der Waals surface area contributed by atoms with E-state index in [2.05, 4.69) is 35.3 Å². The molecule has 0 amide bonds. The summed E-state index contributed by atoms with van der Waals surface area (Å²) in [6, 6.07) is 14.4. The van der Waals surface area contributed by atoms with E-state index in [1.807, 2.05) is 54.5 Å². The molecule has 0 fully saturated rings. The third-order valence-electron chi connectivity index (χ3n) is 3.14. The Hall–Kier alpha value is -1.75. The lowest BCUT2D eigenvalue weighted by Gasteiger charge is -2.00. The average Bonchev–Trinajstić information content (AvgIpc) is 2.47. The van der Waals surface area contributed by atoms with Crippen LogP contribution < -0.4 is 28.5 Å². The van der Waals surface area contributed by atoms with Crippen LogP contribution in [-0.4, -0.2) is 4.98 Å². The van der Waals surface area contributed by atoms with Crippen molar-refractivity contribution in [3.8, 4) is 0 Å². The molecule has 0 saturated carbocycles. The number of rotatable bonds is 2. The standard InChI is InChI=1S/C17H15N2.HI/c1-19-12-9-14(10-13-19)6-7-15-8-11-18-17-5-3-2-4-16(15)17;/h2-13H,1H3;1H/q+1;/p-1/b7-6+;. The van der Waals surface area contributed by atoms with Crippen LogP contribution in [0.2, 0.25) is 0 Å². The maximum absolute atomic E-state index is 4.37. The van der Waals surface area contributed by atoms with Gasteiger partial charge in [0.1, 0.15) is 7.05 Å². The molecule has 0 unspecified atom stereocenters. The molecule has 3 aromatic rings.